The highest BCUT2D eigenvalue weighted by Gasteiger charge is 2.41. The van der Waals surface area contributed by atoms with Crippen LogP contribution in [0.3, 0.4) is 0 Å². The SMILES string of the molecule is O=C(COc1ccccc1)NCC(=O)N[C@H]1CCCC2(C1)OCCO2. The Morgan fingerprint density at radius 1 is 1.16 bits per heavy atom. The van der Waals surface area contributed by atoms with Crippen LogP contribution in [0.15, 0.2) is 30.3 Å². The first-order valence-electron chi connectivity index (χ1n) is 8.67. The number of carbonyl (C=O) groups is 2. The van der Waals surface area contributed by atoms with E-state index in [1.807, 2.05) is 18.2 Å². The normalized spacial score (nSPS) is 21.7. The molecule has 0 aromatic heterocycles. The van der Waals surface area contributed by atoms with Gasteiger partial charge >= 0.3 is 0 Å². The summed E-state index contributed by atoms with van der Waals surface area (Å²) >= 11 is 0. The minimum atomic E-state index is -0.525. The van der Waals surface area contributed by atoms with E-state index < -0.39 is 5.79 Å². The summed E-state index contributed by atoms with van der Waals surface area (Å²) in [5, 5.41) is 5.51. The van der Waals surface area contributed by atoms with Crippen molar-refractivity contribution in [1.29, 1.82) is 0 Å². The fourth-order valence-corrected chi connectivity index (χ4v) is 3.25. The molecule has 2 aliphatic rings. The monoisotopic (exact) mass is 348 g/mol. The van der Waals surface area contributed by atoms with E-state index in [1.165, 1.54) is 0 Å². The first kappa shape index (κ1) is 17.7. The highest BCUT2D eigenvalue weighted by Crippen LogP contribution is 2.35. The van der Waals surface area contributed by atoms with Crippen LogP contribution in [0.5, 0.6) is 5.75 Å². The van der Waals surface area contributed by atoms with E-state index in [9.17, 15) is 9.59 Å². The van der Waals surface area contributed by atoms with Crippen LogP contribution in [0.2, 0.25) is 0 Å². The number of para-hydroxylation sites is 1. The first-order valence-corrected chi connectivity index (χ1v) is 8.67. The number of amides is 2. The van der Waals surface area contributed by atoms with E-state index in [0.29, 0.717) is 25.4 Å². The summed E-state index contributed by atoms with van der Waals surface area (Å²) in [5.74, 6) is -0.455. The number of rotatable bonds is 6. The number of benzene rings is 1. The fraction of sp³-hybridized carbons (Fsp3) is 0.556. The molecule has 0 bridgehead atoms. The summed E-state index contributed by atoms with van der Waals surface area (Å²) < 4.78 is 16.7. The van der Waals surface area contributed by atoms with Crippen molar-refractivity contribution < 1.29 is 23.8 Å². The number of hydrogen-bond acceptors (Lipinski definition) is 5. The topological polar surface area (TPSA) is 85.9 Å². The molecular formula is C18H24N2O5. The number of hydrogen-bond donors (Lipinski definition) is 2. The highest BCUT2D eigenvalue weighted by molar-refractivity contribution is 5.85. The van der Waals surface area contributed by atoms with Gasteiger partial charge in [-0.15, -0.1) is 0 Å². The molecular weight excluding hydrogens is 324 g/mol. The van der Waals surface area contributed by atoms with E-state index in [4.69, 9.17) is 14.2 Å². The second-order valence-electron chi connectivity index (χ2n) is 6.35. The van der Waals surface area contributed by atoms with Gasteiger partial charge in [-0.05, 0) is 25.0 Å². The molecule has 2 fully saturated rings. The maximum Gasteiger partial charge on any atom is 0.258 e. The van der Waals surface area contributed by atoms with Gasteiger partial charge in [-0.25, -0.2) is 0 Å². The quantitative estimate of drug-likeness (QED) is 0.800. The standard InChI is InChI=1S/C18H24N2O5/c21-16(12-19-17(22)13-23-15-6-2-1-3-7-15)20-14-5-4-8-18(11-14)24-9-10-25-18/h1-3,6-7,14H,4-5,8-13H2,(H,19,22)(H,20,21)/t14-/m0/s1. The molecule has 1 aliphatic carbocycles. The predicted molar refractivity (Wildman–Crippen MR) is 90.0 cm³/mol. The van der Waals surface area contributed by atoms with Gasteiger partial charge in [-0.3, -0.25) is 9.59 Å². The molecule has 1 aliphatic heterocycles. The zero-order chi connectivity index (χ0) is 17.5. The number of ether oxygens (including phenoxy) is 3. The highest BCUT2D eigenvalue weighted by atomic mass is 16.7. The van der Waals surface area contributed by atoms with Crippen molar-refractivity contribution in [1.82, 2.24) is 10.6 Å². The van der Waals surface area contributed by atoms with Crippen LogP contribution in [-0.2, 0) is 19.1 Å². The summed E-state index contributed by atoms with van der Waals surface area (Å²) in [6.45, 7) is 1.03. The maximum atomic E-state index is 12.0. The first-order chi connectivity index (χ1) is 12.2. The van der Waals surface area contributed by atoms with E-state index in [0.717, 1.165) is 19.3 Å². The van der Waals surface area contributed by atoms with Crippen LogP contribution >= 0.6 is 0 Å². The van der Waals surface area contributed by atoms with Crippen LogP contribution in [-0.4, -0.2) is 50.0 Å². The molecule has 136 valence electrons. The van der Waals surface area contributed by atoms with Gasteiger partial charge in [0, 0.05) is 18.9 Å². The van der Waals surface area contributed by atoms with Crippen molar-refractivity contribution in [2.75, 3.05) is 26.4 Å². The fourth-order valence-electron chi connectivity index (χ4n) is 3.25. The van der Waals surface area contributed by atoms with E-state index in [2.05, 4.69) is 10.6 Å². The molecule has 1 heterocycles. The third-order valence-corrected chi connectivity index (χ3v) is 4.41. The van der Waals surface area contributed by atoms with Gasteiger partial charge in [0.15, 0.2) is 12.4 Å². The van der Waals surface area contributed by atoms with Crippen LogP contribution < -0.4 is 15.4 Å². The van der Waals surface area contributed by atoms with Gasteiger partial charge in [0.1, 0.15) is 5.75 Å². The molecule has 3 rings (SSSR count). The molecule has 0 radical (unpaired) electrons. The lowest BCUT2D eigenvalue weighted by molar-refractivity contribution is -0.182. The van der Waals surface area contributed by atoms with Crippen LogP contribution in [0.1, 0.15) is 25.7 Å². The van der Waals surface area contributed by atoms with Crippen molar-refractivity contribution in [3.8, 4) is 5.75 Å². The van der Waals surface area contributed by atoms with Crippen LogP contribution in [0.25, 0.3) is 0 Å². The van der Waals surface area contributed by atoms with Crippen molar-refractivity contribution in [2.24, 2.45) is 0 Å². The summed E-state index contributed by atoms with van der Waals surface area (Å²) in [7, 11) is 0. The van der Waals surface area contributed by atoms with Crippen molar-refractivity contribution in [3.05, 3.63) is 30.3 Å². The maximum absolute atomic E-state index is 12.0. The third-order valence-electron chi connectivity index (χ3n) is 4.41. The largest absolute Gasteiger partial charge is 0.484 e. The lowest BCUT2D eigenvalue weighted by Crippen LogP contribution is -2.49. The molecule has 1 aromatic carbocycles. The summed E-state index contributed by atoms with van der Waals surface area (Å²) in [6.07, 6.45) is 3.37. The lowest BCUT2D eigenvalue weighted by atomic mass is 9.90. The Morgan fingerprint density at radius 3 is 2.68 bits per heavy atom. The van der Waals surface area contributed by atoms with Gasteiger partial charge in [-0.1, -0.05) is 18.2 Å². The molecule has 2 N–H and O–H groups in total. The number of carbonyl (C=O) groups excluding carboxylic acids is 2. The predicted octanol–water partition coefficient (Wildman–Crippen LogP) is 0.983. The van der Waals surface area contributed by atoms with Gasteiger partial charge in [-0.2, -0.15) is 0 Å². The molecule has 7 nitrogen and oxygen atoms in total. The molecule has 1 atom stereocenters. The Morgan fingerprint density at radius 2 is 1.92 bits per heavy atom. The minimum Gasteiger partial charge on any atom is -0.484 e. The zero-order valence-corrected chi connectivity index (χ0v) is 14.2. The molecule has 1 aromatic rings. The Labute approximate surface area is 147 Å². The van der Waals surface area contributed by atoms with Gasteiger partial charge in [0.25, 0.3) is 5.91 Å². The second kappa shape index (κ2) is 8.31. The van der Waals surface area contributed by atoms with E-state index in [1.54, 1.807) is 12.1 Å². The summed E-state index contributed by atoms with van der Waals surface area (Å²) in [4.78, 5) is 23.8. The average molecular weight is 348 g/mol. The average Bonchev–Trinajstić information content (AvgIpc) is 3.06. The minimum absolute atomic E-state index is 0.0109. The van der Waals surface area contributed by atoms with Crippen LogP contribution in [0, 0.1) is 0 Å². The summed E-state index contributed by atoms with van der Waals surface area (Å²) in [5.41, 5.74) is 0. The molecule has 1 saturated carbocycles. The Kier molecular flexibility index (Phi) is 5.88. The molecule has 25 heavy (non-hydrogen) atoms. The Hall–Kier alpha value is -2.12. The third kappa shape index (κ3) is 5.17. The van der Waals surface area contributed by atoms with E-state index >= 15 is 0 Å². The second-order valence-corrected chi connectivity index (χ2v) is 6.35. The molecule has 1 saturated heterocycles. The molecule has 1 spiro atoms. The molecule has 7 heteroatoms. The smallest absolute Gasteiger partial charge is 0.258 e. The van der Waals surface area contributed by atoms with Crippen molar-refractivity contribution in [3.63, 3.8) is 0 Å². The van der Waals surface area contributed by atoms with Gasteiger partial charge in [0.2, 0.25) is 5.91 Å². The van der Waals surface area contributed by atoms with Crippen LogP contribution in [0.4, 0.5) is 0 Å². The number of nitrogens with one attached hydrogen (secondary N) is 2. The molecule has 2 amide bonds. The Balaban J connectivity index is 1.35. The van der Waals surface area contributed by atoms with Gasteiger partial charge < -0.3 is 24.8 Å². The lowest BCUT2D eigenvalue weighted by Gasteiger charge is -2.36. The molecule has 0 unspecified atom stereocenters. The van der Waals surface area contributed by atoms with Crippen molar-refractivity contribution >= 4 is 11.8 Å². The van der Waals surface area contributed by atoms with E-state index in [-0.39, 0.29) is 31.0 Å². The summed E-state index contributed by atoms with van der Waals surface area (Å²) in [6, 6.07) is 9.08. The Bertz CT molecular complexity index is 586. The van der Waals surface area contributed by atoms with Crippen molar-refractivity contribution in [2.45, 2.75) is 37.5 Å². The van der Waals surface area contributed by atoms with Gasteiger partial charge in [0.05, 0.1) is 19.8 Å². The zero-order valence-electron chi connectivity index (χ0n) is 14.2.